The molecular weight excluding hydrogens is 276 g/mol. The molecule has 20 heavy (non-hydrogen) atoms. The zero-order valence-electron chi connectivity index (χ0n) is 11.7. The van der Waals surface area contributed by atoms with Gasteiger partial charge >= 0.3 is 12.0 Å². The molecule has 0 spiro atoms. The van der Waals surface area contributed by atoms with Gasteiger partial charge in [-0.05, 0) is 30.9 Å². The van der Waals surface area contributed by atoms with Crippen molar-refractivity contribution >= 4 is 23.8 Å². The van der Waals surface area contributed by atoms with Gasteiger partial charge in [0.1, 0.15) is 6.04 Å². The van der Waals surface area contributed by atoms with Gasteiger partial charge in [-0.1, -0.05) is 29.8 Å². The van der Waals surface area contributed by atoms with Crippen molar-refractivity contribution in [3.8, 4) is 0 Å². The summed E-state index contributed by atoms with van der Waals surface area (Å²) in [7, 11) is 0. The van der Waals surface area contributed by atoms with E-state index in [0.29, 0.717) is 18.7 Å². The zero-order chi connectivity index (χ0) is 15.0. The van der Waals surface area contributed by atoms with Crippen LogP contribution in [0.3, 0.4) is 0 Å². The van der Waals surface area contributed by atoms with E-state index in [2.05, 4.69) is 10.6 Å². The molecule has 3 N–H and O–H groups in total. The number of aryl methyl sites for hydroxylation is 1. The third-order valence-electron chi connectivity index (χ3n) is 2.79. The van der Waals surface area contributed by atoms with Crippen LogP contribution in [0, 0.1) is 6.92 Å². The van der Waals surface area contributed by atoms with Crippen molar-refractivity contribution in [2.75, 3.05) is 12.0 Å². The van der Waals surface area contributed by atoms with Crippen molar-refractivity contribution in [2.45, 2.75) is 25.9 Å². The van der Waals surface area contributed by atoms with Gasteiger partial charge in [0.2, 0.25) is 0 Å². The Labute approximate surface area is 123 Å². The van der Waals surface area contributed by atoms with E-state index in [4.69, 9.17) is 5.11 Å². The van der Waals surface area contributed by atoms with Crippen LogP contribution in [0.15, 0.2) is 24.3 Å². The maximum atomic E-state index is 11.7. The lowest BCUT2D eigenvalue weighted by Gasteiger charge is -2.14. The minimum Gasteiger partial charge on any atom is -0.480 e. The highest BCUT2D eigenvalue weighted by molar-refractivity contribution is 7.98. The fourth-order valence-electron chi connectivity index (χ4n) is 1.59. The summed E-state index contributed by atoms with van der Waals surface area (Å²) in [6.45, 7) is 2.37. The maximum absolute atomic E-state index is 11.7. The second-order valence-electron chi connectivity index (χ2n) is 4.48. The zero-order valence-corrected chi connectivity index (χ0v) is 12.5. The molecule has 0 bridgehead atoms. The third-order valence-corrected chi connectivity index (χ3v) is 3.43. The molecule has 0 heterocycles. The van der Waals surface area contributed by atoms with Crippen LogP contribution < -0.4 is 10.6 Å². The first-order valence-electron chi connectivity index (χ1n) is 6.34. The van der Waals surface area contributed by atoms with E-state index in [0.717, 1.165) is 11.1 Å². The van der Waals surface area contributed by atoms with E-state index < -0.39 is 18.0 Å². The number of rotatable bonds is 7. The van der Waals surface area contributed by atoms with Crippen LogP contribution in [0.4, 0.5) is 4.79 Å². The largest absolute Gasteiger partial charge is 0.480 e. The summed E-state index contributed by atoms with van der Waals surface area (Å²) in [6.07, 6.45) is 2.31. The number of thioether (sulfide) groups is 1. The summed E-state index contributed by atoms with van der Waals surface area (Å²) in [6, 6.07) is 6.48. The first kappa shape index (κ1) is 16.4. The molecule has 1 atom stereocenters. The quantitative estimate of drug-likeness (QED) is 0.719. The average Bonchev–Trinajstić information content (AvgIpc) is 2.42. The summed E-state index contributed by atoms with van der Waals surface area (Å²) >= 11 is 1.55. The standard InChI is InChI=1S/C14H20N2O3S/c1-10-3-5-11(6-4-10)9-15-14(19)16-12(13(17)18)7-8-20-2/h3-6,12H,7-9H2,1-2H3,(H,17,18)(H2,15,16,19)/t12-/m0/s1. The fourth-order valence-corrected chi connectivity index (χ4v) is 2.06. The lowest BCUT2D eigenvalue weighted by atomic mass is 10.1. The summed E-state index contributed by atoms with van der Waals surface area (Å²) in [5.74, 6) is -0.320. The first-order chi connectivity index (χ1) is 9.52. The van der Waals surface area contributed by atoms with Gasteiger partial charge in [0.05, 0.1) is 0 Å². The molecule has 0 aromatic heterocycles. The van der Waals surface area contributed by atoms with Gasteiger partial charge < -0.3 is 15.7 Å². The predicted octanol–water partition coefficient (Wildman–Crippen LogP) is 2.00. The Balaban J connectivity index is 2.41. The molecule has 0 aliphatic carbocycles. The number of carboxylic acids is 1. The number of carbonyl (C=O) groups excluding carboxylic acids is 1. The van der Waals surface area contributed by atoms with Crippen molar-refractivity contribution < 1.29 is 14.7 Å². The Hall–Kier alpha value is -1.69. The van der Waals surface area contributed by atoms with Gasteiger partial charge in [-0.15, -0.1) is 0 Å². The van der Waals surface area contributed by atoms with Gasteiger partial charge in [-0.3, -0.25) is 0 Å². The van der Waals surface area contributed by atoms with Gasteiger partial charge in [-0.25, -0.2) is 9.59 Å². The van der Waals surface area contributed by atoms with Crippen LogP contribution in [0.5, 0.6) is 0 Å². The number of amides is 2. The molecule has 6 heteroatoms. The van der Waals surface area contributed by atoms with Gasteiger partial charge in [0.15, 0.2) is 0 Å². The van der Waals surface area contributed by atoms with Gasteiger partial charge in [0, 0.05) is 6.54 Å². The van der Waals surface area contributed by atoms with E-state index in [1.165, 1.54) is 0 Å². The van der Waals surface area contributed by atoms with Crippen molar-refractivity contribution in [3.05, 3.63) is 35.4 Å². The number of benzene rings is 1. The van der Waals surface area contributed by atoms with Crippen LogP contribution >= 0.6 is 11.8 Å². The highest BCUT2D eigenvalue weighted by atomic mass is 32.2. The van der Waals surface area contributed by atoms with Gasteiger partial charge in [-0.2, -0.15) is 11.8 Å². The van der Waals surface area contributed by atoms with Crippen molar-refractivity contribution in [1.82, 2.24) is 10.6 Å². The van der Waals surface area contributed by atoms with E-state index in [9.17, 15) is 9.59 Å². The number of hydrogen-bond acceptors (Lipinski definition) is 3. The van der Waals surface area contributed by atoms with Crippen LogP contribution in [-0.2, 0) is 11.3 Å². The SMILES string of the molecule is CSCC[C@H](NC(=O)NCc1ccc(C)cc1)C(=O)O. The molecule has 2 amide bonds. The van der Waals surface area contributed by atoms with E-state index >= 15 is 0 Å². The second kappa shape index (κ2) is 8.47. The number of carboxylic acid groups (broad SMARTS) is 1. The number of hydrogen-bond donors (Lipinski definition) is 3. The molecule has 5 nitrogen and oxygen atoms in total. The smallest absolute Gasteiger partial charge is 0.326 e. The Morgan fingerprint density at radius 1 is 1.30 bits per heavy atom. The lowest BCUT2D eigenvalue weighted by molar-refractivity contribution is -0.139. The molecule has 1 aromatic carbocycles. The number of aliphatic carboxylic acids is 1. The molecule has 110 valence electrons. The van der Waals surface area contributed by atoms with Crippen LogP contribution in [0.2, 0.25) is 0 Å². The monoisotopic (exact) mass is 296 g/mol. The number of carbonyl (C=O) groups is 2. The molecule has 1 rings (SSSR count). The molecule has 0 fully saturated rings. The summed E-state index contributed by atoms with van der Waals surface area (Å²) < 4.78 is 0. The maximum Gasteiger partial charge on any atom is 0.326 e. The molecule has 0 saturated heterocycles. The van der Waals surface area contributed by atoms with Crippen molar-refractivity contribution in [3.63, 3.8) is 0 Å². The minimum absolute atomic E-state index is 0.376. The Morgan fingerprint density at radius 2 is 1.95 bits per heavy atom. The molecule has 1 aromatic rings. The van der Waals surface area contributed by atoms with Crippen LogP contribution in [-0.4, -0.2) is 35.2 Å². The molecule has 0 saturated carbocycles. The topological polar surface area (TPSA) is 78.4 Å². The molecular formula is C14H20N2O3S. The summed E-state index contributed by atoms with van der Waals surface area (Å²) in [5, 5.41) is 14.1. The van der Waals surface area contributed by atoms with E-state index in [1.807, 2.05) is 37.4 Å². The first-order valence-corrected chi connectivity index (χ1v) is 7.74. The van der Waals surface area contributed by atoms with Gasteiger partial charge in [0.25, 0.3) is 0 Å². The molecule has 0 aliphatic heterocycles. The van der Waals surface area contributed by atoms with E-state index in [-0.39, 0.29) is 0 Å². The van der Waals surface area contributed by atoms with Crippen LogP contribution in [0.1, 0.15) is 17.5 Å². The third kappa shape index (κ3) is 5.97. The number of nitrogens with one attached hydrogen (secondary N) is 2. The molecule has 0 unspecified atom stereocenters. The molecule has 0 aliphatic rings. The lowest BCUT2D eigenvalue weighted by Crippen LogP contribution is -2.46. The number of urea groups is 1. The molecule has 0 radical (unpaired) electrons. The normalized spacial score (nSPS) is 11.7. The predicted molar refractivity (Wildman–Crippen MR) is 81.0 cm³/mol. The Morgan fingerprint density at radius 3 is 2.50 bits per heavy atom. The fraction of sp³-hybridized carbons (Fsp3) is 0.429. The summed E-state index contributed by atoms with van der Waals surface area (Å²) in [5.41, 5.74) is 2.13. The average molecular weight is 296 g/mol. The summed E-state index contributed by atoms with van der Waals surface area (Å²) in [4.78, 5) is 22.7. The van der Waals surface area contributed by atoms with Crippen molar-refractivity contribution in [1.29, 1.82) is 0 Å². The van der Waals surface area contributed by atoms with Crippen LogP contribution in [0.25, 0.3) is 0 Å². The second-order valence-corrected chi connectivity index (χ2v) is 5.47. The Bertz CT molecular complexity index is 448. The van der Waals surface area contributed by atoms with E-state index in [1.54, 1.807) is 11.8 Å². The highest BCUT2D eigenvalue weighted by Gasteiger charge is 2.18. The minimum atomic E-state index is -1.01. The Kier molecular flexibility index (Phi) is 6.93. The van der Waals surface area contributed by atoms with Crippen molar-refractivity contribution in [2.24, 2.45) is 0 Å². The highest BCUT2D eigenvalue weighted by Crippen LogP contribution is 2.03.